The Balaban J connectivity index is 1.93. The van der Waals surface area contributed by atoms with Crippen LogP contribution >= 0.6 is 0 Å². The third kappa shape index (κ3) is 2.20. The first kappa shape index (κ1) is 12.6. The molecule has 4 rings (SSSR count). The Labute approximate surface area is 127 Å². The van der Waals surface area contributed by atoms with Gasteiger partial charge in [-0.2, -0.15) is 0 Å². The van der Waals surface area contributed by atoms with Crippen LogP contribution in [0.1, 0.15) is 0 Å². The number of aromatic nitrogens is 2. The third-order valence-corrected chi connectivity index (χ3v) is 3.45. The Morgan fingerprint density at radius 3 is 2.05 bits per heavy atom. The van der Waals surface area contributed by atoms with Crippen LogP contribution < -0.4 is 0 Å². The topological polar surface area (TPSA) is 52.1 Å². The van der Waals surface area contributed by atoms with Crippen LogP contribution in [-0.2, 0) is 0 Å². The first-order valence-electron chi connectivity index (χ1n) is 6.91. The largest absolute Gasteiger partial charge is 0.445 e. The van der Waals surface area contributed by atoms with Crippen LogP contribution in [0.5, 0.6) is 0 Å². The average Bonchev–Trinajstić information content (AvgIpc) is 3.29. The first-order chi connectivity index (χ1) is 10.9. The van der Waals surface area contributed by atoms with Gasteiger partial charge in [0.15, 0.2) is 0 Å². The lowest BCUT2D eigenvalue weighted by Crippen LogP contribution is -1.87. The van der Waals surface area contributed by atoms with E-state index in [1.54, 1.807) is 24.9 Å². The van der Waals surface area contributed by atoms with E-state index in [9.17, 15) is 0 Å². The fraction of sp³-hybridized carbons (Fsp3) is 0. The number of hydrogen-bond donors (Lipinski definition) is 0. The summed E-state index contributed by atoms with van der Waals surface area (Å²) in [6.45, 7) is 0. The van der Waals surface area contributed by atoms with Crippen LogP contribution in [0, 0.1) is 0 Å². The molecule has 22 heavy (non-hydrogen) atoms. The number of rotatable bonds is 3. The number of nitrogens with zero attached hydrogens (tertiary/aromatic N) is 2. The summed E-state index contributed by atoms with van der Waals surface area (Å²) in [5.74, 6) is 1.19. The molecule has 4 aromatic rings. The van der Waals surface area contributed by atoms with Gasteiger partial charge in [0.2, 0.25) is 11.8 Å². The van der Waals surface area contributed by atoms with Gasteiger partial charge in [-0.1, -0.05) is 30.3 Å². The number of oxazole rings is 2. The second kappa shape index (κ2) is 5.33. The highest BCUT2D eigenvalue weighted by atomic mass is 16.3. The van der Waals surface area contributed by atoms with Crippen molar-refractivity contribution in [2.75, 3.05) is 0 Å². The number of benzene rings is 2. The van der Waals surface area contributed by atoms with Crippen molar-refractivity contribution >= 4 is 0 Å². The molecule has 4 nitrogen and oxygen atoms in total. The summed E-state index contributed by atoms with van der Waals surface area (Å²) >= 11 is 0. The minimum Gasteiger partial charge on any atom is -0.445 e. The Hall–Kier alpha value is -3.14. The molecule has 0 spiro atoms. The maximum atomic E-state index is 5.46. The van der Waals surface area contributed by atoms with E-state index in [1.165, 1.54) is 0 Å². The molecule has 2 aromatic heterocycles. The van der Waals surface area contributed by atoms with Crippen LogP contribution in [0.4, 0.5) is 0 Å². The van der Waals surface area contributed by atoms with Gasteiger partial charge in [-0.15, -0.1) is 0 Å². The smallest absolute Gasteiger partial charge is 0.226 e. The van der Waals surface area contributed by atoms with E-state index in [0.29, 0.717) is 11.8 Å². The highest BCUT2D eigenvalue weighted by Crippen LogP contribution is 2.34. The molecule has 0 N–H and O–H groups in total. The van der Waals surface area contributed by atoms with Gasteiger partial charge in [0.25, 0.3) is 0 Å². The molecule has 0 bridgehead atoms. The number of hydrogen-bond acceptors (Lipinski definition) is 4. The van der Waals surface area contributed by atoms with E-state index >= 15 is 0 Å². The second-order valence-electron chi connectivity index (χ2n) is 4.80. The average molecular weight is 288 g/mol. The van der Waals surface area contributed by atoms with E-state index in [-0.39, 0.29) is 0 Å². The van der Waals surface area contributed by atoms with Gasteiger partial charge in [-0.05, 0) is 29.3 Å². The van der Waals surface area contributed by atoms with E-state index in [4.69, 9.17) is 8.83 Å². The lowest BCUT2D eigenvalue weighted by atomic mass is 9.97. The summed E-state index contributed by atoms with van der Waals surface area (Å²) in [5.41, 5.74) is 3.97. The summed E-state index contributed by atoms with van der Waals surface area (Å²) in [4.78, 5) is 8.47. The van der Waals surface area contributed by atoms with E-state index in [1.807, 2.05) is 36.4 Å². The predicted molar refractivity (Wildman–Crippen MR) is 82.9 cm³/mol. The molecule has 0 saturated carbocycles. The molecule has 4 heteroatoms. The quantitative estimate of drug-likeness (QED) is 0.550. The van der Waals surface area contributed by atoms with Crippen molar-refractivity contribution in [1.82, 2.24) is 9.97 Å². The van der Waals surface area contributed by atoms with E-state index in [0.717, 1.165) is 22.3 Å². The van der Waals surface area contributed by atoms with Crippen LogP contribution in [0.15, 0.2) is 82.3 Å². The van der Waals surface area contributed by atoms with Gasteiger partial charge in [-0.3, -0.25) is 0 Å². The Kier molecular flexibility index (Phi) is 3.05. The highest BCUT2D eigenvalue weighted by Gasteiger charge is 2.13. The minimum atomic E-state index is 0.594. The molecule has 0 fully saturated rings. The third-order valence-electron chi connectivity index (χ3n) is 3.45. The maximum absolute atomic E-state index is 5.46. The van der Waals surface area contributed by atoms with E-state index in [2.05, 4.69) is 22.1 Å². The molecule has 0 unspecified atom stereocenters. The fourth-order valence-electron chi connectivity index (χ4n) is 2.44. The first-order valence-corrected chi connectivity index (χ1v) is 6.91. The van der Waals surface area contributed by atoms with Gasteiger partial charge in [0.05, 0.1) is 12.4 Å². The molecule has 0 saturated heterocycles. The van der Waals surface area contributed by atoms with Crippen LogP contribution in [0.2, 0.25) is 0 Å². The Bertz CT molecular complexity index is 867. The standard InChI is InChI=1S/C18H12N2O2/c1-2-4-13(5-3-1)16-12-14(17-19-8-10-21-17)6-7-15(16)18-20-9-11-22-18/h1-12H. The summed E-state index contributed by atoms with van der Waals surface area (Å²) in [7, 11) is 0. The van der Waals surface area contributed by atoms with Gasteiger partial charge in [-0.25, -0.2) is 9.97 Å². The van der Waals surface area contributed by atoms with Crippen molar-refractivity contribution in [3.05, 3.63) is 73.5 Å². The highest BCUT2D eigenvalue weighted by molar-refractivity contribution is 5.83. The van der Waals surface area contributed by atoms with Gasteiger partial charge < -0.3 is 8.83 Å². The Morgan fingerprint density at radius 1 is 0.636 bits per heavy atom. The molecule has 2 heterocycles. The second-order valence-corrected chi connectivity index (χ2v) is 4.80. The molecule has 106 valence electrons. The lowest BCUT2D eigenvalue weighted by Gasteiger charge is -2.09. The monoisotopic (exact) mass is 288 g/mol. The zero-order valence-corrected chi connectivity index (χ0v) is 11.6. The molecule has 0 amide bonds. The molecule has 0 radical (unpaired) electrons. The maximum Gasteiger partial charge on any atom is 0.226 e. The SMILES string of the molecule is c1ccc(-c2cc(-c3ncco3)ccc2-c2ncco2)cc1. The molecule has 0 atom stereocenters. The normalized spacial score (nSPS) is 10.7. The van der Waals surface area contributed by atoms with Gasteiger partial charge >= 0.3 is 0 Å². The van der Waals surface area contributed by atoms with Crippen molar-refractivity contribution in [2.24, 2.45) is 0 Å². The van der Waals surface area contributed by atoms with Crippen LogP contribution in [-0.4, -0.2) is 9.97 Å². The Morgan fingerprint density at radius 2 is 1.36 bits per heavy atom. The zero-order chi connectivity index (χ0) is 14.8. The van der Waals surface area contributed by atoms with Crippen LogP contribution in [0.25, 0.3) is 34.0 Å². The summed E-state index contributed by atoms with van der Waals surface area (Å²) in [6, 6.07) is 16.1. The van der Waals surface area contributed by atoms with Gasteiger partial charge in [0, 0.05) is 11.1 Å². The van der Waals surface area contributed by atoms with Crippen LogP contribution in [0.3, 0.4) is 0 Å². The molecule has 0 aliphatic carbocycles. The molecular weight excluding hydrogens is 276 g/mol. The van der Waals surface area contributed by atoms with Gasteiger partial charge in [0.1, 0.15) is 12.5 Å². The zero-order valence-electron chi connectivity index (χ0n) is 11.6. The minimum absolute atomic E-state index is 0.594. The lowest BCUT2D eigenvalue weighted by molar-refractivity contribution is 0.573. The summed E-state index contributed by atoms with van der Waals surface area (Å²) < 4.78 is 10.9. The molecular formula is C18H12N2O2. The van der Waals surface area contributed by atoms with Crippen molar-refractivity contribution in [1.29, 1.82) is 0 Å². The van der Waals surface area contributed by atoms with E-state index < -0.39 is 0 Å². The molecule has 0 aliphatic rings. The van der Waals surface area contributed by atoms with Crippen molar-refractivity contribution < 1.29 is 8.83 Å². The summed E-state index contributed by atoms with van der Waals surface area (Å²) in [5, 5.41) is 0. The molecule has 2 aromatic carbocycles. The predicted octanol–water partition coefficient (Wildman–Crippen LogP) is 4.66. The van der Waals surface area contributed by atoms with Crippen molar-refractivity contribution in [3.63, 3.8) is 0 Å². The fourth-order valence-corrected chi connectivity index (χ4v) is 2.44. The van der Waals surface area contributed by atoms with Crippen molar-refractivity contribution in [2.45, 2.75) is 0 Å². The summed E-state index contributed by atoms with van der Waals surface area (Å²) in [6.07, 6.45) is 6.43. The van der Waals surface area contributed by atoms with Crippen molar-refractivity contribution in [3.8, 4) is 34.0 Å². The molecule has 0 aliphatic heterocycles.